The normalized spacial score (nSPS) is 11.6. The Morgan fingerprint density at radius 1 is 1.05 bits per heavy atom. The number of hydrogen-bond donors (Lipinski definition) is 1. The molecule has 0 spiro atoms. The van der Waals surface area contributed by atoms with E-state index in [2.05, 4.69) is 9.97 Å². The van der Waals surface area contributed by atoms with Gasteiger partial charge in [-0.1, -0.05) is 24.3 Å². The Balaban J connectivity index is 2.02. The lowest BCUT2D eigenvalue weighted by atomic mass is 9.97. The van der Waals surface area contributed by atoms with Crippen LogP contribution in [0, 0.1) is 5.41 Å². The summed E-state index contributed by atoms with van der Waals surface area (Å²) in [5.41, 5.74) is 2.06. The van der Waals surface area contributed by atoms with E-state index in [1.165, 1.54) is 0 Å². The van der Waals surface area contributed by atoms with Crippen LogP contribution in [0.25, 0.3) is 22.4 Å². The zero-order valence-corrected chi connectivity index (χ0v) is 12.9. The number of esters is 1. The number of nitrogens with one attached hydrogen (secondary N) is 1. The summed E-state index contributed by atoms with van der Waals surface area (Å²) in [6.45, 7) is 5.50. The van der Waals surface area contributed by atoms with Gasteiger partial charge in [-0.2, -0.15) is 0 Å². The molecule has 0 atom stereocenters. The summed E-state index contributed by atoms with van der Waals surface area (Å²) < 4.78 is 5.56. The topological polar surface area (TPSA) is 55.0 Å². The average Bonchev–Trinajstić information content (AvgIpc) is 2.90. The largest absolute Gasteiger partial charge is 0.425 e. The first-order valence-electron chi connectivity index (χ1n) is 7.21. The maximum absolute atomic E-state index is 12.1. The summed E-state index contributed by atoms with van der Waals surface area (Å²) in [6, 6.07) is 15.2. The molecule has 0 aliphatic carbocycles. The fourth-order valence-electron chi connectivity index (χ4n) is 2.08. The molecule has 4 nitrogen and oxygen atoms in total. The van der Waals surface area contributed by atoms with Gasteiger partial charge in [0.15, 0.2) is 0 Å². The third-order valence-electron chi connectivity index (χ3n) is 3.35. The van der Waals surface area contributed by atoms with Crippen molar-refractivity contribution in [1.82, 2.24) is 9.97 Å². The van der Waals surface area contributed by atoms with Crippen molar-refractivity contribution in [3.63, 3.8) is 0 Å². The van der Waals surface area contributed by atoms with E-state index in [0.29, 0.717) is 11.6 Å². The van der Waals surface area contributed by atoms with E-state index >= 15 is 0 Å². The van der Waals surface area contributed by atoms with Gasteiger partial charge in [-0.05, 0) is 45.0 Å². The molecular weight excluding hydrogens is 276 g/mol. The number of hydrogen-bond acceptors (Lipinski definition) is 3. The summed E-state index contributed by atoms with van der Waals surface area (Å²) in [5.74, 6) is 0.941. The van der Waals surface area contributed by atoms with Crippen LogP contribution >= 0.6 is 0 Å². The second-order valence-corrected chi connectivity index (χ2v) is 6.24. The number of imidazole rings is 1. The van der Waals surface area contributed by atoms with Gasteiger partial charge >= 0.3 is 5.97 Å². The molecule has 0 aliphatic rings. The van der Waals surface area contributed by atoms with Crippen molar-refractivity contribution in [3.8, 4) is 17.1 Å². The van der Waals surface area contributed by atoms with Crippen LogP contribution < -0.4 is 4.74 Å². The molecule has 3 aromatic rings. The lowest BCUT2D eigenvalue weighted by Gasteiger charge is -2.17. The standard InChI is InChI=1S/C18H18N2O2/c1-18(2,3)17(21)22-15-11-7-4-8-12(15)16-19-13-9-5-6-10-14(13)20-16/h4-11H,1-3H3,(H,19,20). The smallest absolute Gasteiger partial charge is 0.316 e. The monoisotopic (exact) mass is 294 g/mol. The van der Waals surface area contributed by atoms with Crippen LogP contribution in [-0.4, -0.2) is 15.9 Å². The van der Waals surface area contributed by atoms with E-state index in [1.807, 2.05) is 63.2 Å². The second-order valence-electron chi connectivity index (χ2n) is 6.24. The van der Waals surface area contributed by atoms with Gasteiger partial charge in [0.05, 0.1) is 22.0 Å². The summed E-state index contributed by atoms with van der Waals surface area (Å²) in [6.07, 6.45) is 0. The minimum atomic E-state index is -0.555. The predicted octanol–water partition coefficient (Wildman–Crippen LogP) is 4.18. The Labute approximate surface area is 129 Å². The Hall–Kier alpha value is -2.62. The maximum atomic E-state index is 12.1. The highest BCUT2D eigenvalue weighted by Crippen LogP contribution is 2.30. The molecule has 2 aromatic carbocycles. The first-order valence-corrected chi connectivity index (χ1v) is 7.21. The Morgan fingerprint density at radius 3 is 2.45 bits per heavy atom. The molecule has 0 saturated carbocycles. The van der Waals surface area contributed by atoms with E-state index in [-0.39, 0.29) is 5.97 Å². The minimum Gasteiger partial charge on any atom is -0.425 e. The van der Waals surface area contributed by atoms with E-state index in [4.69, 9.17) is 4.74 Å². The molecule has 112 valence electrons. The van der Waals surface area contributed by atoms with E-state index in [1.54, 1.807) is 6.07 Å². The van der Waals surface area contributed by atoms with Gasteiger partial charge in [0.1, 0.15) is 11.6 Å². The van der Waals surface area contributed by atoms with Gasteiger partial charge in [0.2, 0.25) is 0 Å². The highest BCUT2D eigenvalue weighted by molar-refractivity contribution is 5.83. The Bertz CT molecular complexity index is 795. The summed E-state index contributed by atoms with van der Waals surface area (Å²) in [5, 5.41) is 0. The average molecular weight is 294 g/mol. The number of benzene rings is 2. The Morgan fingerprint density at radius 2 is 1.73 bits per heavy atom. The molecule has 1 heterocycles. The molecule has 3 rings (SSSR count). The van der Waals surface area contributed by atoms with Crippen LogP contribution in [0.5, 0.6) is 5.75 Å². The first kappa shape index (κ1) is 14.3. The van der Waals surface area contributed by atoms with Crippen LogP contribution in [-0.2, 0) is 4.79 Å². The molecule has 0 aliphatic heterocycles. The number of carbonyl (C=O) groups is 1. The number of ether oxygens (including phenoxy) is 1. The maximum Gasteiger partial charge on any atom is 0.316 e. The quantitative estimate of drug-likeness (QED) is 0.570. The molecule has 0 bridgehead atoms. The molecule has 4 heteroatoms. The fourth-order valence-corrected chi connectivity index (χ4v) is 2.08. The van der Waals surface area contributed by atoms with E-state index in [9.17, 15) is 4.79 Å². The lowest BCUT2D eigenvalue weighted by Crippen LogP contribution is -2.25. The molecule has 0 unspecified atom stereocenters. The van der Waals surface area contributed by atoms with Gasteiger partial charge in [-0.15, -0.1) is 0 Å². The van der Waals surface area contributed by atoms with E-state index in [0.717, 1.165) is 16.6 Å². The minimum absolute atomic E-state index is 0.268. The third-order valence-corrected chi connectivity index (χ3v) is 3.35. The zero-order valence-electron chi connectivity index (χ0n) is 12.9. The highest BCUT2D eigenvalue weighted by Gasteiger charge is 2.25. The van der Waals surface area contributed by atoms with Gasteiger partial charge in [0.25, 0.3) is 0 Å². The van der Waals surface area contributed by atoms with Gasteiger partial charge in [-0.3, -0.25) is 4.79 Å². The fraction of sp³-hybridized carbons (Fsp3) is 0.222. The number of rotatable bonds is 2. The van der Waals surface area contributed by atoms with Gasteiger partial charge in [-0.25, -0.2) is 4.98 Å². The summed E-state index contributed by atoms with van der Waals surface area (Å²) >= 11 is 0. The SMILES string of the molecule is CC(C)(C)C(=O)Oc1ccccc1-c1nc2ccccc2[nH]1. The number of fused-ring (bicyclic) bond motifs is 1. The zero-order chi connectivity index (χ0) is 15.7. The first-order chi connectivity index (χ1) is 10.4. The number of aromatic nitrogens is 2. The third kappa shape index (κ3) is 2.72. The number of aromatic amines is 1. The molecule has 0 saturated heterocycles. The summed E-state index contributed by atoms with van der Waals surface area (Å²) in [7, 11) is 0. The van der Waals surface area contributed by atoms with Crippen LogP contribution in [0.2, 0.25) is 0 Å². The molecule has 1 N–H and O–H groups in total. The van der Waals surface area contributed by atoms with E-state index < -0.39 is 5.41 Å². The molecular formula is C18H18N2O2. The molecule has 1 aromatic heterocycles. The predicted molar refractivity (Wildman–Crippen MR) is 86.6 cm³/mol. The number of nitrogens with zero attached hydrogens (tertiary/aromatic N) is 1. The number of para-hydroxylation sites is 3. The highest BCUT2D eigenvalue weighted by atomic mass is 16.5. The van der Waals surface area contributed by atoms with Gasteiger partial charge in [0, 0.05) is 0 Å². The van der Waals surface area contributed by atoms with Crippen molar-refractivity contribution >= 4 is 17.0 Å². The van der Waals surface area contributed by atoms with Crippen molar-refractivity contribution in [2.45, 2.75) is 20.8 Å². The lowest BCUT2D eigenvalue weighted by molar-refractivity contribution is -0.142. The van der Waals surface area contributed by atoms with Crippen LogP contribution in [0.3, 0.4) is 0 Å². The number of carbonyl (C=O) groups excluding carboxylic acids is 1. The molecule has 0 amide bonds. The van der Waals surface area contributed by atoms with Crippen LogP contribution in [0.1, 0.15) is 20.8 Å². The summed E-state index contributed by atoms with van der Waals surface area (Å²) in [4.78, 5) is 20.0. The second kappa shape index (κ2) is 5.30. The molecule has 0 fully saturated rings. The van der Waals surface area contributed by atoms with Crippen molar-refractivity contribution in [2.24, 2.45) is 5.41 Å². The van der Waals surface area contributed by atoms with Gasteiger partial charge < -0.3 is 9.72 Å². The number of H-pyrrole nitrogens is 1. The van der Waals surface area contributed by atoms with Crippen LogP contribution in [0.15, 0.2) is 48.5 Å². The molecule has 22 heavy (non-hydrogen) atoms. The Kier molecular flexibility index (Phi) is 3.45. The van der Waals surface area contributed by atoms with Crippen molar-refractivity contribution < 1.29 is 9.53 Å². The van der Waals surface area contributed by atoms with Crippen molar-refractivity contribution in [2.75, 3.05) is 0 Å². The van der Waals surface area contributed by atoms with Crippen LogP contribution in [0.4, 0.5) is 0 Å². The van der Waals surface area contributed by atoms with Crippen molar-refractivity contribution in [3.05, 3.63) is 48.5 Å². The molecule has 0 radical (unpaired) electrons. The van der Waals surface area contributed by atoms with Crippen molar-refractivity contribution in [1.29, 1.82) is 0 Å².